The number of rotatable bonds is 6. The first-order valence-electron chi connectivity index (χ1n) is 6.65. The van der Waals surface area contributed by atoms with E-state index in [2.05, 4.69) is 37.3 Å². The molecular weight excluding hydrogens is 222 g/mol. The molecule has 2 aromatic rings. The van der Waals surface area contributed by atoms with Crippen LogP contribution in [0.25, 0.3) is 10.8 Å². The van der Waals surface area contributed by atoms with Gasteiger partial charge < -0.3 is 10.5 Å². The highest BCUT2D eigenvalue weighted by Gasteiger charge is 2.06. The fourth-order valence-corrected chi connectivity index (χ4v) is 2.15. The molecule has 2 heteroatoms. The Kier molecular flexibility index (Phi) is 4.59. The Morgan fingerprint density at radius 3 is 2.61 bits per heavy atom. The highest BCUT2D eigenvalue weighted by atomic mass is 16.5. The number of ether oxygens (including phenoxy) is 1. The normalized spacial score (nSPS) is 12.6. The Balaban J connectivity index is 2.03. The van der Waals surface area contributed by atoms with Crippen LogP contribution in [0.2, 0.25) is 0 Å². The van der Waals surface area contributed by atoms with Gasteiger partial charge in [0.2, 0.25) is 0 Å². The van der Waals surface area contributed by atoms with E-state index < -0.39 is 0 Å². The fourth-order valence-electron chi connectivity index (χ4n) is 2.15. The van der Waals surface area contributed by atoms with Gasteiger partial charge in [0.1, 0.15) is 5.75 Å². The predicted octanol–water partition coefficient (Wildman–Crippen LogP) is 3.59. The lowest BCUT2D eigenvalue weighted by Gasteiger charge is -2.15. The van der Waals surface area contributed by atoms with Gasteiger partial charge in [-0.1, -0.05) is 43.7 Å². The molecule has 0 aromatic heterocycles. The van der Waals surface area contributed by atoms with Crippen LogP contribution >= 0.6 is 0 Å². The minimum atomic E-state index is 0.460. The molecule has 0 heterocycles. The van der Waals surface area contributed by atoms with Gasteiger partial charge in [-0.05, 0) is 35.9 Å². The summed E-state index contributed by atoms with van der Waals surface area (Å²) in [6.45, 7) is 3.59. The van der Waals surface area contributed by atoms with Crippen molar-refractivity contribution in [1.82, 2.24) is 0 Å². The third-order valence-electron chi connectivity index (χ3n) is 3.24. The van der Waals surface area contributed by atoms with Crippen LogP contribution in [-0.4, -0.2) is 13.2 Å². The molecule has 0 saturated heterocycles. The molecule has 0 spiro atoms. The Bertz CT molecular complexity index is 495. The summed E-state index contributed by atoms with van der Waals surface area (Å²) in [5.41, 5.74) is 5.73. The molecular formula is C16H21NO. The molecule has 0 aliphatic heterocycles. The lowest BCUT2D eigenvalue weighted by molar-refractivity contribution is 0.244. The fraction of sp³-hybridized carbons (Fsp3) is 0.375. The standard InChI is InChI=1S/C16H21NO/c1-2-5-13(11-17)12-18-16-9-8-14-6-3-4-7-15(14)10-16/h3-4,6-10,13H,2,5,11-12,17H2,1H3. The van der Waals surface area contributed by atoms with E-state index in [9.17, 15) is 0 Å². The molecule has 0 aliphatic carbocycles. The van der Waals surface area contributed by atoms with Crippen molar-refractivity contribution in [2.45, 2.75) is 19.8 Å². The van der Waals surface area contributed by atoms with E-state index in [1.165, 1.54) is 10.8 Å². The van der Waals surface area contributed by atoms with Crippen LogP contribution < -0.4 is 10.5 Å². The molecule has 0 fully saturated rings. The van der Waals surface area contributed by atoms with Crippen molar-refractivity contribution in [3.8, 4) is 5.75 Å². The number of fused-ring (bicyclic) bond motifs is 1. The third-order valence-corrected chi connectivity index (χ3v) is 3.24. The monoisotopic (exact) mass is 243 g/mol. The van der Waals surface area contributed by atoms with Crippen LogP contribution in [0.15, 0.2) is 42.5 Å². The first-order chi connectivity index (χ1) is 8.83. The maximum atomic E-state index is 5.84. The summed E-state index contributed by atoms with van der Waals surface area (Å²) in [5, 5.41) is 2.46. The summed E-state index contributed by atoms with van der Waals surface area (Å²) in [6, 6.07) is 14.5. The second-order valence-corrected chi connectivity index (χ2v) is 4.71. The Morgan fingerprint density at radius 2 is 1.89 bits per heavy atom. The summed E-state index contributed by atoms with van der Waals surface area (Å²) in [6.07, 6.45) is 2.28. The van der Waals surface area contributed by atoms with Crippen molar-refractivity contribution in [2.75, 3.05) is 13.2 Å². The van der Waals surface area contributed by atoms with E-state index in [0.29, 0.717) is 19.1 Å². The second kappa shape index (κ2) is 6.41. The van der Waals surface area contributed by atoms with E-state index in [-0.39, 0.29) is 0 Å². The van der Waals surface area contributed by atoms with Gasteiger partial charge in [-0.25, -0.2) is 0 Å². The first kappa shape index (κ1) is 12.9. The SMILES string of the molecule is CCCC(CN)COc1ccc2ccccc2c1. The van der Waals surface area contributed by atoms with Gasteiger partial charge in [0.25, 0.3) is 0 Å². The predicted molar refractivity (Wildman–Crippen MR) is 76.9 cm³/mol. The van der Waals surface area contributed by atoms with Crippen molar-refractivity contribution >= 4 is 10.8 Å². The zero-order valence-electron chi connectivity index (χ0n) is 10.9. The lowest BCUT2D eigenvalue weighted by atomic mass is 10.1. The van der Waals surface area contributed by atoms with Gasteiger partial charge >= 0.3 is 0 Å². The summed E-state index contributed by atoms with van der Waals surface area (Å²) in [4.78, 5) is 0. The highest BCUT2D eigenvalue weighted by molar-refractivity contribution is 5.83. The van der Waals surface area contributed by atoms with Crippen LogP contribution in [0.4, 0.5) is 0 Å². The molecule has 96 valence electrons. The average molecular weight is 243 g/mol. The molecule has 2 aromatic carbocycles. The third kappa shape index (κ3) is 3.23. The summed E-state index contributed by atoms with van der Waals surface area (Å²) < 4.78 is 5.84. The zero-order chi connectivity index (χ0) is 12.8. The Morgan fingerprint density at radius 1 is 1.11 bits per heavy atom. The van der Waals surface area contributed by atoms with Crippen LogP contribution in [0, 0.1) is 5.92 Å². The number of benzene rings is 2. The first-order valence-corrected chi connectivity index (χ1v) is 6.65. The maximum Gasteiger partial charge on any atom is 0.119 e. The van der Waals surface area contributed by atoms with Gasteiger partial charge in [0.15, 0.2) is 0 Å². The van der Waals surface area contributed by atoms with Crippen molar-refractivity contribution in [3.05, 3.63) is 42.5 Å². The average Bonchev–Trinajstić information content (AvgIpc) is 2.43. The molecule has 0 radical (unpaired) electrons. The molecule has 0 amide bonds. The molecule has 2 rings (SSSR count). The molecule has 1 unspecified atom stereocenters. The van der Waals surface area contributed by atoms with Gasteiger partial charge in [-0.2, -0.15) is 0 Å². The van der Waals surface area contributed by atoms with Crippen LogP contribution in [0.5, 0.6) is 5.75 Å². The number of hydrogen-bond donors (Lipinski definition) is 1. The minimum absolute atomic E-state index is 0.460. The molecule has 1 atom stereocenters. The largest absolute Gasteiger partial charge is 0.493 e. The van der Waals surface area contributed by atoms with Crippen molar-refractivity contribution in [3.63, 3.8) is 0 Å². The van der Waals surface area contributed by atoms with Gasteiger partial charge in [-0.15, -0.1) is 0 Å². The van der Waals surface area contributed by atoms with Crippen LogP contribution in [-0.2, 0) is 0 Å². The van der Waals surface area contributed by atoms with Gasteiger partial charge in [-0.3, -0.25) is 0 Å². The molecule has 0 aliphatic rings. The minimum Gasteiger partial charge on any atom is -0.493 e. The van der Waals surface area contributed by atoms with E-state index in [4.69, 9.17) is 10.5 Å². The molecule has 2 N–H and O–H groups in total. The number of nitrogens with two attached hydrogens (primary N) is 1. The smallest absolute Gasteiger partial charge is 0.119 e. The highest BCUT2D eigenvalue weighted by Crippen LogP contribution is 2.21. The van der Waals surface area contributed by atoms with Gasteiger partial charge in [0, 0.05) is 5.92 Å². The maximum absolute atomic E-state index is 5.84. The van der Waals surface area contributed by atoms with E-state index in [1.807, 2.05) is 12.1 Å². The second-order valence-electron chi connectivity index (χ2n) is 4.71. The Hall–Kier alpha value is -1.54. The Labute approximate surface area is 109 Å². The summed E-state index contributed by atoms with van der Waals surface area (Å²) >= 11 is 0. The van der Waals surface area contributed by atoms with Gasteiger partial charge in [0.05, 0.1) is 6.61 Å². The van der Waals surface area contributed by atoms with E-state index >= 15 is 0 Å². The van der Waals surface area contributed by atoms with E-state index in [0.717, 1.165) is 18.6 Å². The van der Waals surface area contributed by atoms with Crippen molar-refractivity contribution in [2.24, 2.45) is 11.7 Å². The van der Waals surface area contributed by atoms with Crippen LogP contribution in [0.1, 0.15) is 19.8 Å². The number of hydrogen-bond acceptors (Lipinski definition) is 2. The zero-order valence-corrected chi connectivity index (χ0v) is 10.9. The summed E-state index contributed by atoms with van der Waals surface area (Å²) in [5.74, 6) is 1.39. The molecule has 0 bridgehead atoms. The lowest BCUT2D eigenvalue weighted by Crippen LogP contribution is -2.21. The quantitative estimate of drug-likeness (QED) is 0.841. The van der Waals surface area contributed by atoms with E-state index in [1.54, 1.807) is 0 Å². The molecule has 18 heavy (non-hydrogen) atoms. The molecule has 2 nitrogen and oxygen atoms in total. The summed E-state index contributed by atoms with van der Waals surface area (Å²) in [7, 11) is 0. The topological polar surface area (TPSA) is 35.2 Å². The van der Waals surface area contributed by atoms with Crippen molar-refractivity contribution in [1.29, 1.82) is 0 Å². The molecule has 0 saturated carbocycles. The van der Waals surface area contributed by atoms with Crippen molar-refractivity contribution < 1.29 is 4.74 Å². The van der Waals surface area contributed by atoms with Crippen LogP contribution in [0.3, 0.4) is 0 Å².